The summed E-state index contributed by atoms with van der Waals surface area (Å²) in [5.74, 6) is 2.45. The fraction of sp³-hybridized carbons (Fsp3) is 0.474. The number of benzene rings is 3. The van der Waals surface area contributed by atoms with Gasteiger partial charge in [0, 0.05) is 40.7 Å². The number of carbonyl (C=O) groups excluding carboxylic acids is 4. The Balaban J connectivity index is 0.908. The number of carbonyl (C=O) groups is 4. The molecule has 0 radical (unpaired) electrons. The van der Waals surface area contributed by atoms with Gasteiger partial charge in [0.1, 0.15) is 35.2 Å². The lowest BCUT2D eigenvalue weighted by atomic mass is 9.85. The van der Waals surface area contributed by atoms with Crippen molar-refractivity contribution >= 4 is 34.9 Å². The van der Waals surface area contributed by atoms with Crippen molar-refractivity contribution in [3.8, 4) is 45.3 Å². The number of imidazole rings is 2. The first-order chi connectivity index (χ1) is 36.3. The molecular weight excluding hydrogens is 955 g/mol. The molecule has 8 heterocycles. The first-order valence-corrected chi connectivity index (χ1v) is 26.5. The topological polar surface area (TPSA) is 207 Å². The minimum atomic E-state index is -0.751. The minimum absolute atomic E-state index is 0.0379. The Morgan fingerprint density at radius 2 is 1.43 bits per heavy atom. The lowest BCUT2D eigenvalue weighted by molar-refractivity contribution is -0.138. The summed E-state index contributed by atoms with van der Waals surface area (Å²) in [5.41, 5.74) is 9.61. The largest absolute Gasteiger partial charge is 0.493 e. The van der Waals surface area contributed by atoms with Crippen LogP contribution in [0.3, 0.4) is 0 Å². The Kier molecular flexibility index (Phi) is 13.6. The van der Waals surface area contributed by atoms with E-state index in [2.05, 4.69) is 86.7 Å². The monoisotopic (exact) mass is 1020 g/mol. The molecule has 5 aliphatic heterocycles. The summed E-state index contributed by atoms with van der Waals surface area (Å²) >= 11 is 0. The van der Waals surface area contributed by atoms with Gasteiger partial charge in [-0.15, -0.1) is 0 Å². The van der Waals surface area contributed by atoms with Gasteiger partial charge in [-0.3, -0.25) is 9.59 Å². The highest BCUT2D eigenvalue weighted by Crippen LogP contribution is 2.49. The Bertz CT molecular complexity index is 3150. The third-order valence-corrected chi connectivity index (χ3v) is 15.9. The molecule has 8 atom stereocenters. The Morgan fingerprint density at radius 1 is 0.760 bits per heavy atom. The number of nitrogens with one attached hydrogen (secondary N) is 4. The van der Waals surface area contributed by atoms with Gasteiger partial charge in [-0.25, -0.2) is 19.6 Å². The Hall–Kier alpha value is -7.34. The molecule has 3 fully saturated rings. The van der Waals surface area contributed by atoms with Crippen LogP contribution in [0.5, 0.6) is 11.5 Å². The molecule has 18 heteroatoms. The van der Waals surface area contributed by atoms with Crippen molar-refractivity contribution in [3.05, 3.63) is 95.3 Å². The maximum Gasteiger partial charge on any atom is 0.407 e. The fourth-order valence-electron chi connectivity index (χ4n) is 12.4. The van der Waals surface area contributed by atoms with Crippen molar-refractivity contribution in [1.82, 2.24) is 44.9 Å². The molecule has 4 N–H and O–H groups in total. The number of aryl methyl sites for hydroxylation is 2. The van der Waals surface area contributed by atoms with Gasteiger partial charge in [-0.2, -0.15) is 0 Å². The van der Waals surface area contributed by atoms with Crippen molar-refractivity contribution in [2.24, 2.45) is 11.8 Å². The molecule has 4 amide bonds. The van der Waals surface area contributed by atoms with E-state index in [-0.39, 0.29) is 47.9 Å². The van der Waals surface area contributed by atoms with Gasteiger partial charge in [-0.05, 0) is 131 Å². The quantitative estimate of drug-likeness (QED) is 0.0962. The summed E-state index contributed by atoms with van der Waals surface area (Å²) in [4.78, 5) is 73.8. The summed E-state index contributed by atoms with van der Waals surface area (Å²) in [6.45, 7) is 11.7. The third-order valence-electron chi connectivity index (χ3n) is 15.9. The lowest BCUT2D eigenvalue weighted by Gasteiger charge is -2.38. The molecule has 394 valence electrons. The van der Waals surface area contributed by atoms with Crippen LogP contribution < -0.4 is 20.1 Å². The van der Waals surface area contributed by atoms with E-state index >= 15 is 0 Å². The van der Waals surface area contributed by atoms with Crippen molar-refractivity contribution in [2.75, 3.05) is 33.9 Å². The summed E-state index contributed by atoms with van der Waals surface area (Å²) in [6, 6.07) is 17.2. The maximum atomic E-state index is 14.5. The lowest BCUT2D eigenvalue weighted by Crippen LogP contribution is -2.54. The SMILES string of the molecule is COC(=O)NC(C(=O)N1CCC[C@H]1c1ncc(-c2ccc3c(c2)cc2n3C(c3ccc4c(c3)OCCC4)Oc3cc(-c4cnc([C@@H]5CCCN5C(=O)[C@@H](NC(=O)OC)C(C)C)[nH]4)cc(C)c3-2)[nH]1)C1C[C@@H](C)O[C@@H](C)C1. The third kappa shape index (κ3) is 9.46. The number of nitrogens with zero attached hydrogens (tertiary/aromatic N) is 5. The predicted octanol–water partition coefficient (Wildman–Crippen LogP) is 9.30. The standard InChI is InChI=1S/C57H67N9O9/c1-30(2)49(62-56(69)71-6)53(67)64-18-8-12-43(64)52-59-29-41(61-52)37-21-31(3)48-45-25-38-24-35(16-17-42(38)66(45)55(75-47(48)27-37)36-15-14-34-11-10-20-73-46(34)26-36)40-28-58-51(60-40)44-13-9-19-65(44)54(68)50(63-57(70)72-7)39-22-32(4)74-33(5)23-39/h14-17,21,24-30,32-33,39,43-44,49-50,55H,8-13,18-20,22-23H2,1-7H3,(H,58,60)(H,59,61)(H,62,69)(H,63,70)/t32-,33+,39?,43-,44-,49-,50?,55?/m0/s1. The molecule has 3 unspecified atom stereocenters. The van der Waals surface area contributed by atoms with Crippen molar-refractivity contribution in [3.63, 3.8) is 0 Å². The molecule has 3 saturated heterocycles. The number of methoxy groups -OCH3 is 2. The van der Waals surface area contributed by atoms with Crippen LogP contribution in [0.2, 0.25) is 0 Å². The molecule has 3 aromatic carbocycles. The van der Waals surface area contributed by atoms with E-state index in [1.165, 1.54) is 19.8 Å². The number of likely N-dealkylation sites (tertiary alicyclic amines) is 2. The number of alkyl carbamates (subject to hydrolysis) is 2. The number of amides is 4. The molecule has 0 spiro atoms. The van der Waals surface area contributed by atoms with Crippen LogP contribution in [0.25, 0.3) is 44.7 Å². The number of fused-ring (bicyclic) bond motifs is 6. The van der Waals surface area contributed by atoms with Gasteiger partial charge < -0.3 is 58.7 Å². The second-order valence-electron chi connectivity index (χ2n) is 21.3. The van der Waals surface area contributed by atoms with Crippen LogP contribution in [0.4, 0.5) is 9.59 Å². The van der Waals surface area contributed by atoms with Gasteiger partial charge in [0.15, 0.2) is 0 Å². The summed E-state index contributed by atoms with van der Waals surface area (Å²) in [5, 5.41) is 6.64. The normalized spacial score (nSPS) is 22.9. The maximum absolute atomic E-state index is 14.5. The van der Waals surface area contributed by atoms with Gasteiger partial charge >= 0.3 is 12.2 Å². The predicted molar refractivity (Wildman–Crippen MR) is 280 cm³/mol. The molecule has 0 bridgehead atoms. The number of ether oxygens (including phenoxy) is 5. The number of H-pyrrole nitrogens is 2. The van der Waals surface area contributed by atoms with Crippen LogP contribution in [0.1, 0.15) is 119 Å². The highest BCUT2D eigenvalue weighted by molar-refractivity contribution is 5.93. The molecule has 0 aliphatic carbocycles. The summed E-state index contributed by atoms with van der Waals surface area (Å²) < 4.78 is 31.5. The summed E-state index contributed by atoms with van der Waals surface area (Å²) in [7, 11) is 2.61. The smallest absolute Gasteiger partial charge is 0.407 e. The molecule has 18 nitrogen and oxygen atoms in total. The molecule has 11 rings (SSSR count). The van der Waals surface area contributed by atoms with E-state index < -0.39 is 30.5 Å². The average Bonchev–Trinajstić information content (AvgIpc) is 4.31. The molecule has 3 aromatic heterocycles. The number of aromatic nitrogens is 5. The van der Waals surface area contributed by atoms with Gasteiger partial charge in [0.25, 0.3) is 0 Å². The molecule has 75 heavy (non-hydrogen) atoms. The van der Waals surface area contributed by atoms with Crippen LogP contribution >= 0.6 is 0 Å². The number of aromatic amines is 2. The van der Waals surface area contributed by atoms with E-state index in [0.717, 1.165) is 106 Å². The van der Waals surface area contributed by atoms with Crippen LogP contribution in [0, 0.1) is 18.8 Å². The van der Waals surface area contributed by atoms with E-state index in [9.17, 15) is 19.2 Å². The summed E-state index contributed by atoms with van der Waals surface area (Å²) in [6.07, 6.45) is 8.13. The number of rotatable bonds is 11. The van der Waals surface area contributed by atoms with E-state index in [1.807, 2.05) is 49.9 Å². The zero-order valence-corrected chi connectivity index (χ0v) is 43.7. The van der Waals surface area contributed by atoms with Gasteiger partial charge in [0.2, 0.25) is 18.0 Å². The first kappa shape index (κ1) is 49.9. The number of hydrogen-bond donors (Lipinski definition) is 4. The molecule has 0 saturated carbocycles. The van der Waals surface area contributed by atoms with Crippen LogP contribution in [-0.2, 0) is 30.2 Å². The zero-order valence-electron chi connectivity index (χ0n) is 43.7. The fourth-order valence-corrected chi connectivity index (χ4v) is 12.4. The molecule has 5 aliphatic rings. The number of hydrogen-bond acceptors (Lipinski definition) is 11. The van der Waals surface area contributed by atoms with Crippen LogP contribution in [0.15, 0.2) is 67.0 Å². The van der Waals surface area contributed by atoms with E-state index in [0.29, 0.717) is 44.2 Å². The second kappa shape index (κ2) is 20.4. The van der Waals surface area contributed by atoms with Crippen molar-refractivity contribution < 1.29 is 42.9 Å². The molecule has 6 aromatic rings. The zero-order chi connectivity index (χ0) is 52.2. The second-order valence-corrected chi connectivity index (χ2v) is 21.3. The average molecular weight is 1020 g/mol. The van der Waals surface area contributed by atoms with E-state index in [1.54, 1.807) is 0 Å². The van der Waals surface area contributed by atoms with Gasteiger partial charge in [-0.1, -0.05) is 32.0 Å². The van der Waals surface area contributed by atoms with Crippen molar-refractivity contribution in [1.29, 1.82) is 0 Å². The first-order valence-electron chi connectivity index (χ1n) is 26.5. The minimum Gasteiger partial charge on any atom is -0.493 e. The Morgan fingerprint density at radius 3 is 2.11 bits per heavy atom. The Labute approximate surface area is 436 Å². The molecular formula is C57H67N9O9. The van der Waals surface area contributed by atoms with Crippen LogP contribution in [-0.4, -0.2) is 117 Å². The van der Waals surface area contributed by atoms with E-state index in [4.69, 9.17) is 33.7 Å². The highest BCUT2D eigenvalue weighted by atomic mass is 16.5. The van der Waals surface area contributed by atoms with Gasteiger partial charge in [0.05, 0.1) is 80.1 Å². The highest BCUT2D eigenvalue weighted by Gasteiger charge is 2.43. The van der Waals surface area contributed by atoms with Crippen molar-refractivity contribution in [2.45, 2.75) is 129 Å².